The molecular formula is C22H30N2O4S. The number of ether oxygens (including phenoxy) is 1. The molecule has 0 bridgehead atoms. The van der Waals surface area contributed by atoms with E-state index in [2.05, 4.69) is 11.4 Å². The third-order valence-corrected chi connectivity index (χ3v) is 5.92. The number of hydrogen-bond acceptors (Lipinski definition) is 4. The van der Waals surface area contributed by atoms with Gasteiger partial charge in [-0.25, -0.2) is 8.42 Å². The van der Waals surface area contributed by atoms with Crippen molar-refractivity contribution >= 4 is 21.6 Å². The molecule has 0 saturated carbocycles. The van der Waals surface area contributed by atoms with Crippen molar-refractivity contribution in [2.75, 3.05) is 23.7 Å². The molecule has 0 aromatic heterocycles. The number of anilines is 1. The molecule has 0 saturated heterocycles. The highest BCUT2D eigenvalue weighted by atomic mass is 32.2. The summed E-state index contributed by atoms with van der Waals surface area (Å²) in [6, 6.07) is 12.6. The summed E-state index contributed by atoms with van der Waals surface area (Å²) in [5.74, 6) is 0.197. The first-order valence-electron chi connectivity index (χ1n) is 9.72. The lowest BCUT2D eigenvalue weighted by Gasteiger charge is -2.24. The predicted octanol–water partition coefficient (Wildman–Crippen LogP) is 3.74. The monoisotopic (exact) mass is 418 g/mol. The normalized spacial score (nSPS) is 12.3. The SMILES string of the molecule is CCOc1cccc(N(CC(=O)N[C@@H](CC)c2ccc(C)c(C)c2)S(C)(=O)=O)c1. The van der Waals surface area contributed by atoms with Crippen LogP contribution in [0.5, 0.6) is 5.75 Å². The van der Waals surface area contributed by atoms with Crippen molar-refractivity contribution in [3.63, 3.8) is 0 Å². The summed E-state index contributed by atoms with van der Waals surface area (Å²) in [7, 11) is -3.65. The number of nitrogens with zero attached hydrogens (tertiary/aromatic N) is 1. The van der Waals surface area contributed by atoms with E-state index in [9.17, 15) is 13.2 Å². The Hall–Kier alpha value is -2.54. The number of benzene rings is 2. The predicted molar refractivity (Wildman–Crippen MR) is 117 cm³/mol. The van der Waals surface area contributed by atoms with Gasteiger partial charge in [0.05, 0.1) is 24.6 Å². The average molecular weight is 419 g/mol. The van der Waals surface area contributed by atoms with Gasteiger partial charge in [0.1, 0.15) is 12.3 Å². The lowest BCUT2D eigenvalue weighted by Crippen LogP contribution is -2.41. The zero-order chi connectivity index (χ0) is 21.6. The highest BCUT2D eigenvalue weighted by Crippen LogP contribution is 2.24. The average Bonchev–Trinajstić information content (AvgIpc) is 2.66. The molecule has 158 valence electrons. The van der Waals surface area contributed by atoms with Crippen molar-refractivity contribution in [1.82, 2.24) is 5.32 Å². The maximum Gasteiger partial charge on any atom is 0.241 e. The van der Waals surface area contributed by atoms with Crippen LogP contribution in [-0.2, 0) is 14.8 Å². The second-order valence-electron chi connectivity index (χ2n) is 7.07. The van der Waals surface area contributed by atoms with Gasteiger partial charge in [-0.1, -0.05) is 31.2 Å². The summed E-state index contributed by atoms with van der Waals surface area (Å²) in [6.07, 6.45) is 1.79. The molecule has 1 atom stereocenters. The van der Waals surface area contributed by atoms with Crippen LogP contribution in [0.4, 0.5) is 5.69 Å². The maximum atomic E-state index is 12.7. The fourth-order valence-electron chi connectivity index (χ4n) is 3.07. The van der Waals surface area contributed by atoms with Gasteiger partial charge in [-0.05, 0) is 56.0 Å². The van der Waals surface area contributed by atoms with Crippen LogP contribution in [0.15, 0.2) is 42.5 Å². The van der Waals surface area contributed by atoms with E-state index in [1.165, 1.54) is 5.56 Å². The summed E-state index contributed by atoms with van der Waals surface area (Å²) < 4.78 is 31.2. The Morgan fingerprint density at radius 3 is 2.41 bits per heavy atom. The Morgan fingerprint density at radius 1 is 1.10 bits per heavy atom. The number of nitrogens with one attached hydrogen (secondary N) is 1. The molecule has 2 rings (SSSR count). The molecule has 2 aromatic rings. The van der Waals surface area contributed by atoms with E-state index in [1.54, 1.807) is 24.3 Å². The van der Waals surface area contributed by atoms with Gasteiger partial charge in [-0.3, -0.25) is 9.10 Å². The van der Waals surface area contributed by atoms with E-state index >= 15 is 0 Å². The zero-order valence-corrected chi connectivity index (χ0v) is 18.5. The van der Waals surface area contributed by atoms with E-state index in [0.717, 1.165) is 21.7 Å². The lowest BCUT2D eigenvalue weighted by molar-refractivity contribution is -0.120. The van der Waals surface area contributed by atoms with Crippen LogP contribution in [0.2, 0.25) is 0 Å². The minimum atomic E-state index is -3.65. The van der Waals surface area contributed by atoms with Gasteiger partial charge >= 0.3 is 0 Å². The number of hydrogen-bond donors (Lipinski definition) is 1. The molecule has 29 heavy (non-hydrogen) atoms. The van der Waals surface area contributed by atoms with Gasteiger partial charge in [-0.15, -0.1) is 0 Å². The Bertz CT molecular complexity index is 957. The van der Waals surface area contributed by atoms with Crippen LogP contribution in [0.3, 0.4) is 0 Å². The van der Waals surface area contributed by atoms with Crippen LogP contribution in [0.25, 0.3) is 0 Å². The Balaban J connectivity index is 2.21. The molecule has 1 amide bonds. The molecule has 0 unspecified atom stereocenters. The minimum Gasteiger partial charge on any atom is -0.494 e. The Morgan fingerprint density at radius 2 is 1.83 bits per heavy atom. The van der Waals surface area contributed by atoms with Gasteiger partial charge in [0.15, 0.2) is 0 Å². The second kappa shape index (κ2) is 9.78. The first-order chi connectivity index (χ1) is 13.7. The molecule has 0 fully saturated rings. The second-order valence-corrected chi connectivity index (χ2v) is 8.98. The van der Waals surface area contributed by atoms with Gasteiger partial charge in [0.2, 0.25) is 15.9 Å². The standard InChI is InChI=1S/C22H30N2O4S/c1-6-21(18-12-11-16(3)17(4)13-18)23-22(25)15-24(29(5,26)27)19-9-8-10-20(14-19)28-7-2/h8-14,21H,6-7,15H2,1-5H3,(H,23,25)/t21-/m0/s1. The van der Waals surface area contributed by atoms with Crippen molar-refractivity contribution in [2.24, 2.45) is 0 Å². The number of amides is 1. The highest BCUT2D eigenvalue weighted by Gasteiger charge is 2.23. The lowest BCUT2D eigenvalue weighted by atomic mass is 9.99. The van der Waals surface area contributed by atoms with Crippen molar-refractivity contribution in [2.45, 2.75) is 40.2 Å². The molecule has 0 heterocycles. The van der Waals surface area contributed by atoms with E-state index in [1.807, 2.05) is 39.8 Å². The number of aryl methyl sites for hydroxylation is 2. The van der Waals surface area contributed by atoms with Gasteiger partial charge in [-0.2, -0.15) is 0 Å². The van der Waals surface area contributed by atoms with Crippen LogP contribution in [0, 0.1) is 13.8 Å². The Labute approximate surface area is 173 Å². The summed E-state index contributed by atoms with van der Waals surface area (Å²) in [5.41, 5.74) is 3.74. The first kappa shape index (κ1) is 22.7. The number of carbonyl (C=O) groups excluding carboxylic acids is 1. The maximum absolute atomic E-state index is 12.7. The fraction of sp³-hybridized carbons (Fsp3) is 0.409. The number of rotatable bonds is 9. The molecule has 0 aliphatic carbocycles. The number of sulfonamides is 1. The van der Waals surface area contributed by atoms with E-state index in [4.69, 9.17) is 4.74 Å². The zero-order valence-electron chi connectivity index (χ0n) is 17.7. The topological polar surface area (TPSA) is 75.7 Å². The largest absolute Gasteiger partial charge is 0.494 e. The first-order valence-corrected chi connectivity index (χ1v) is 11.6. The molecule has 1 N–H and O–H groups in total. The molecule has 7 heteroatoms. The third kappa shape index (κ3) is 6.22. The van der Waals surface area contributed by atoms with E-state index < -0.39 is 10.0 Å². The van der Waals surface area contributed by atoms with Gasteiger partial charge in [0.25, 0.3) is 0 Å². The summed E-state index contributed by atoms with van der Waals surface area (Å²) >= 11 is 0. The minimum absolute atomic E-state index is 0.182. The fourth-order valence-corrected chi connectivity index (χ4v) is 3.92. The van der Waals surface area contributed by atoms with Gasteiger partial charge in [0, 0.05) is 6.07 Å². The smallest absolute Gasteiger partial charge is 0.241 e. The Kier molecular flexibility index (Phi) is 7.67. The van der Waals surface area contributed by atoms with Crippen molar-refractivity contribution < 1.29 is 17.9 Å². The molecule has 0 aliphatic rings. The van der Waals surface area contributed by atoms with E-state index in [0.29, 0.717) is 24.5 Å². The summed E-state index contributed by atoms with van der Waals surface area (Å²) in [6.45, 7) is 8.09. The van der Waals surface area contributed by atoms with Crippen molar-refractivity contribution in [3.05, 3.63) is 59.2 Å². The van der Waals surface area contributed by atoms with Crippen molar-refractivity contribution in [1.29, 1.82) is 0 Å². The molecule has 2 aromatic carbocycles. The number of carbonyl (C=O) groups is 1. The summed E-state index contributed by atoms with van der Waals surface area (Å²) in [5, 5.41) is 2.97. The van der Waals surface area contributed by atoms with Gasteiger partial charge < -0.3 is 10.1 Å². The van der Waals surface area contributed by atoms with Crippen LogP contribution in [0.1, 0.15) is 43.0 Å². The van der Waals surface area contributed by atoms with Crippen LogP contribution >= 0.6 is 0 Å². The van der Waals surface area contributed by atoms with Crippen molar-refractivity contribution in [3.8, 4) is 5.75 Å². The quantitative estimate of drug-likeness (QED) is 0.673. The highest BCUT2D eigenvalue weighted by molar-refractivity contribution is 7.92. The molecule has 0 aliphatic heterocycles. The van der Waals surface area contributed by atoms with Crippen LogP contribution < -0.4 is 14.4 Å². The van der Waals surface area contributed by atoms with E-state index in [-0.39, 0.29) is 18.5 Å². The molecule has 6 nitrogen and oxygen atoms in total. The molecule has 0 spiro atoms. The van der Waals surface area contributed by atoms with Crippen LogP contribution in [-0.4, -0.2) is 33.7 Å². The summed E-state index contributed by atoms with van der Waals surface area (Å²) in [4.78, 5) is 12.7. The molecule has 0 radical (unpaired) electrons. The third-order valence-electron chi connectivity index (χ3n) is 4.78. The molecular weight excluding hydrogens is 388 g/mol.